The molecule has 0 radical (unpaired) electrons. The van der Waals surface area contributed by atoms with E-state index in [-0.39, 0.29) is 5.82 Å². The van der Waals surface area contributed by atoms with Crippen LogP contribution in [0.5, 0.6) is 5.75 Å². The summed E-state index contributed by atoms with van der Waals surface area (Å²) in [5.41, 5.74) is 2.52. The van der Waals surface area contributed by atoms with Crippen molar-refractivity contribution >= 4 is 39.1 Å². The van der Waals surface area contributed by atoms with E-state index in [0.717, 1.165) is 11.1 Å². The molecule has 106 valence electrons. The lowest BCUT2D eigenvalue weighted by Crippen LogP contribution is -1.99. The van der Waals surface area contributed by atoms with E-state index in [2.05, 4.69) is 15.9 Å². The molecule has 2 aromatic carbocycles. The van der Waals surface area contributed by atoms with Gasteiger partial charge in [-0.05, 0) is 46.1 Å². The highest BCUT2D eigenvalue weighted by Crippen LogP contribution is 2.38. The van der Waals surface area contributed by atoms with Crippen molar-refractivity contribution in [2.45, 2.75) is 12.3 Å². The van der Waals surface area contributed by atoms with Gasteiger partial charge >= 0.3 is 0 Å². The van der Waals surface area contributed by atoms with Crippen molar-refractivity contribution in [2.24, 2.45) is 0 Å². The van der Waals surface area contributed by atoms with E-state index in [0.29, 0.717) is 20.8 Å². The Morgan fingerprint density at radius 2 is 1.95 bits per heavy atom. The van der Waals surface area contributed by atoms with Crippen LogP contribution in [0.15, 0.2) is 34.8 Å². The molecule has 0 fully saturated rings. The Bertz CT molecular complexity index is 646. The lowest BCUT2D eigenvalue weighted by Gasteiger charge is -2.16. The molecular weight excluding hydrogens is 366 g/mol. The van der Waals surface area contributed by atoms with Gasteiger partial charge in [0.15, 0.2) is 0 Å². The number of hydrogen-bond donors (Lipinski definition) is 0. The molecule has 20 heavy (non-hydrogen) atoms. The van der Waals surface area contributed by atoms with Crippen LogP contribution in [-0.4, -0.2) is 7.11 Å². The van der Waals surface area contributed by atoms with Gasteiger partial charge in [-0.3, -0.25) is 0 Å². The monoisotopic (exact) mass is 376 g/mol. The van der Waals surface area contributed by atoms with Gasteiger partial charge in [0.05, 0.1) is 17.0 Å². The second-order valence-electron chi connectivity index (χ2n) is 4.38. The van der Waals surface area contributed by atoms with E-state index in [1.165, 1.54) is 13.2 Å². The summed E-state index contributed by atoms with van der Waals surface area (Å²) in [6.07, 6.45) is 0. The number of alkyl halides is 1. The summed E-state index contributed by atoms with van der Waals surface area (Å²) in [6, 6.07) is 8.51. The van der Waals surface area contributed by atoms with Crippen LogP contribution in [0.1, 0.15) is 22.1 Å². The fourth-order valence-corrected chi connectivity index (χ4v) is 2.71. The third kappa shape index (κ3) is 3.11. The second kappa shape index (κ2) is 6.33. The van der Waals surface area contributed by atoms with Crippen LogP contribution in [0.3, 0.4) is 0 Å². The smallest absolute Gasteiger partial charge is 0.141 e. The number of rotatable bonds is 3. The Morgan fingerprint density at radius 1 is 1.25 bits per heavy atom. The molecule has 0 N–H and O–H groups in total. The van der Waals surface area contributed by atoms with Gasteiger partial charge in [-0.25, -0.2) is 4.39 Å². The first kappa shape index (κ1) is 15.6. The van der Waals surface area contributed by atoms with Gasteiger partial charge < -0.3 is 4.74 Å². The second-order valence-corrected chi connectivity index (χ2v) is 6.08. The molecule has 1 unspecified atom stereocenters. The average molecular weight is 378 g/mol. The van der Waals surface area contributed by atoms with E-state index in [1.807, 2.05) is 19.1 Å². The van der Waals surface area contributed by atoms with Crippen molar-refractivity contribution in [1.29, 1.82) is 0 Å². The molecule has 0 aliphatic carbocycles. The fourth-order valence-electron chi connectivity index (χ4n) is 1.92. The molecular formula is C15H12BrCl2FO. The van der Waals surface area contributed by atoms with Gasteiger partial charge in [-0.1, -0.05) is 23.7 Å². The zero-order valence-electron chi connectivity index (χ0n) is 10.9. The van der Waals surface area contributed by atoms with Gasteiger partial charge in [-0.2, -0.15) is 0 Å². The Hall–Kier alpha value is -0.770. The quantitative estimate of drug-likeness (QED) is 0.606. The fraction of sp³-hybridized carbons (Fsp3) is 0.200. The predicted octanol–water partition coefficient (Wildman–Crippen LogP) is 5.89. The molecule has 1 nitrogen and oxygen atoms in total. The minimum atomic E-state index is -0.446. The Balaban J connectivity index is 2.49. The van der Waals surface area contributed by atoms with Crippen LogP contribution in [0.2, 0.25) is 5.02 Å². The third-order valence-corrected chi connectivity index (χ3v) is 4.54. The van der Waals surface area contributed by atoms with Crippen LogP contribution in [0.25, 0.3) is 0 Å². The Labute approximate surface area is 135 Å². The maximum absolute atomic E-state index is 13.5. The van der Waals surface area contributed by atoms with Crippen LogP contribution in [0, 0.1) is 12.7 Å². The number of hydrogen-bond acceptors (Lipinski definition) is 1. The van der Waals surface area contributed by atoms with E-state index < -0.39 is 5.38 Å². The molecule has 0 aromatic heterocycles. The highest BCUT2D eigenvalue weighted by Gasteiger charge is 2.18. The number of ether oxygens (including phenoxy) is 1. The molecule has 0 saturated heterocycles. The number of halogens is 4. The van der Waals surface area contributed by atoms with Crippen LogP contribution in [0.4, 0.5) is 4.39 Å². The first-order chi connectivity index (χ1) is 9.43. The first-order valence-electron chi connectivity index (χ1n) is 5.87. The molecule has 5 heteroatoms. The zero-order valence-corrected chi connectivity index (χ0v) is 14.0. The SMILES string of the molecule is COc1cc(F)c(Br)cc1C(Cl)c1ccc(Cl)c(C)c1. The predicted molar refractivity (Wildman–Crippen MR) is 84.5 cm³/mol. The van der Waals surface area contributed by atoms with Gasteiger partial charge in [0.2, 0.25) is 0 Å². The third-order valence-electron chi connectivity index (χ3n) is 3.02. The van der Waals surface area contributed by atoms with Gasteiger partial charge in [-0.15, -0.1) is 11.6 Å². The maximum atomic E-state index is 13.5. The van der Waals surface area contributed by atoms with Crippen molar-refractivity contribution in [2.75, 3.05) is 7.11 Å². The summed E-state index contributed by atoms with van der Waals surface area (Å²) in [4.78, 5) is 0. The molecule has 0 aliphatic heterocycles. The summed E-state index contributed by atoms with van der Waals surface area (Å²) in [7, 11) is 1.49. The van der Waals surface area contributed by atoms with E-state index in [9.17, 15) is 4.39 Å². The Kier molecular flexibility index (Phi) is 4.95. The molecule has 0 amide bonds. The van der Waals surface area contributed by atoms with Crippen molar-refractivity contribution in [3.05, 3.63) is 62.3 Å². The van der Waals surface area contributed by atoms with Crippen molar-refractivity contribution in [3.63, 3.8) is 0 Å². The lowest BCUT2D eigenvalue weighted by molar-refractivity contribution is 0.406. The molecule has 2 aromatic rings. The lowest BCUT2D eigenvalue weighted by atomic mass is 10.0. The Morgan fingerprint density at radius 3 is 2.55 bits per heavy atom. The summed E-state index contributed by atoms with van der Waals surface area (Å²) in [5.74, 6) is 0.0278. The molecule has 0 bridgehead atoms. The number of methoxy groups -OCH3 is 1. The topological polar surface area (TPSA) is 9.23 Å². The standard InChI is InChI=1S/C15H12BrCl2FO/c1-8-5-9(3-4-12(8)17)15(18)10-6-11(16)13(19)7-14(10)20-2/h3-7,15H,1-2H3. The zero-order chi connectivity index (χ0) is 14.9. The summed E-state index contributed by atoms with van der Waals surface area (Å²) >= 11 is 15.7. The van der Waals surface area contributed by atoms with Crippen LogP contribution in [-0.2, 0) is 0 Å². The van der Waals surface area contributed by atoms with E-state index in [4.69, 9.17) is 27.9 Å². The average Bonchev–Trinajstić information content (AvgIpc) is 2.43. The molecule has 1 atom stereocenters. The van der Waals surface area contributed by atoms with Crippen molar-refractivity contribution < 1.29 is 9.13 Å². The van der Waals surface area contributed by atoms with E-state index >= 15 is 0 Å². The minimum Gasteiger partial charge on any atom is -0.496 e. The van der Waals surface area contributed by atoms with Gasteiger partial charge in [0.25, 0.3) is 0 Å². The van der Waals surface area contributed by atoms with Gasteiger partial charge in [0.1, 0.15) is 11.6 Å². The van der Waals surface area contributed by atoms with Crippen LogP contribution < -0.4 is 4.74 Å². The summed E-state index contributed by atoms with van der Waals surface area (Å²) in [5, 5.41) is 0.239. The highest BCUT2D eigenvalue weighted by molar-refractivity contribution is 9.10. The molecule has 0 heterocycles. The van der Waals surface area contributed by atoms with E-state index in [1.54, 1.807) is 12.1 Å². The normalized spacial score (nSPS) is 12.3. The van der Waals surface area contributed by atoms with Gasteiger partial charge in [0, 0.05) is 16.7 Å². The maximum Gasteiger partial charge on any atom is 0.141 e. The number of benzene rings is 2. The van der Waals surface area contributed by atoms with Crippen LogP contribution >= 0.6 is 39.1 Å². The molecule has 0 saturated carbocycles. The van der Waals surface area contributed by atoms with Crippen molar-refractivity contribution in [1.82, 2.24) is 0 Å². The molecule has 0 aliphatic rings. The largest absolute Gasteiger partial charge is 0.496 e. The molecule has 2 rings (SSSR count). The molecule has 0 spiro atoms. The minimum absolute atomic E-state index is 0.352. The van der Waals surface area contributed by atoms with Crippen molar-refractivity contribution in [3.8, 4) is 5.75 Å². The summed E-state index contributed by atoms with van der Waals surface area (Å²) < 4.78 is 19.1. The highest BCUT2D eigenvalue weighted by atomic mass is 79.9. The summed E-state index contributed by atoms with van der Waals surface area (Å²) in [6.45, 7) is 1.91. The number of aryl methyl sites for hydroxylation is 1. The first-order valence-corrected chi connectivity index (χ1v) is 7.48.